The molecule has 2 aromatic carbocycles. The molecule has 0 aliphatic heterocycles. The molecule has 0 aliphatic carbocycles. The summed E-state index contributed by atoms with van der Waals surface area (Å²) in [4.78, 5) is 10.2. The van der Waals surface area contributed by atoms with Gasteiger partial charge in [0.2, 0.25) is 0 Å². The Labute approximate surface area is 130 Å². The second-order valence-electron chi connectivity index (χ2n) is 4.57. The molecule has 2 rings (SSSR count). The second kappa shape index (κ2) is 7.19. The Morgan fingerprint density at radius 3 is 2.38 bits per heavy atom. The van der Waals surface area contributed by atoms with Crippen molar-refractivity contribution in [3.05, 3.63) is 68.2 Å². The van der Waals surface area contributed by atoms with Crippen LogP contribution in [0.5, 0.6) is 0 Å². The molecule has 0 unspecified atom stereocenters. The zero-order valence-corrected chi connectivity index (χ0v) is 12.8. The molecule has 0 amide bonds. The Bertz CT molecular complexity index is 629. The lowest BCUT2D eigenvalue weighted by molar-refractivity contribution is -0.384. The number of nitrogens with zero attached hydrogens (tertiary/aromatic N) is 1. The predicted molar refractivity (Wildman–Crippen MR) is 85.4 cm³/mol. The fraction of sp³-hybridized carbons (Fsp3) is 0.200. The van der Waals surface area contributed by atoms with Crippen molar-refractivity contribution in [1.82, 2.24) is 0 Å². The number of nitro benzene ring substituents is 1. The van der Waals surface area contributed by atoms with Gasteiger partial charge in [0.05, 0.1) is 11.5 Å². The summed E-state index contributed by atoms with van der Waals surface area (Å²) in [6.45, 7) is 0.767. The van der Waals surface area contributed by atoms with Crippen molar-refractivity contribution in [2.45, 2.75) is 13.0 Å². The molecule has 0 bridgehead atoms. The smallest absolute Gasteiger partial charge is 0.270 e. The molecule has 0 radical (unpaired) electrons. The van der Waals surface area contributed by atoms with E-state index in [9.17, 15) is 10.1 Å². The van der Waals surface area contributed by atoms with Crippen molar-refractivity contribution in [3.8, 4) is 0 Å². The van der Waals surface area contributed by atoms with Crippen LogP contribution in [0, 0.1) is 10.1 Å². The number of nitrogens with one attached hydrogen (secondary N) is 1. The molecule has 0 aromatic heterocycles. The topological polar surface area (TPSA) is 75.4 Å². The summed E-state index contributed by atoms with van der Waals surface area (Å²) >= 11 is 3.33. The Balaban J connectivity index is 1.92. The van der Waals surface area contributed by atoms with Gasteiger partial charge < -0.3 is 10.4 Å². The highest BCUT2D eigenvalue weighted by atomic mass is 79.9. The number of nitro groups is 1. The van der Waals surface area contributed by atoms with E-state index in [2.05, 4.69) is 21.2 Å². The number of rotatable bonds is 6. The minimum atomic E-state index is -0.419. The van der Waals surface area contributed by atoms with Crippen LogP contribution in [0.2, 0.25) is 0 Å². The number of hydrogen-bond donors (Lipinski definition) is 2. The van der Waals surface area contributed by atoms with Gasteiger partial charge in [-0.2, -0.15) is 0 Å². The molecule has 2 aromatic rings. The molecule has 0 aliphatic rings. The number of hydrogen-bond acceptors (Lipinski definition) is 4. The Kier molecular flexibility index (Phi) is 5.30. The highest BCUT2D eigenvalue weighted by Gasteiger charge is 2.08. The molecule has 110 valence electrons. The number of non-ortho nitro benzene ring substituents is 1. The van der Waals surface area contributed by atoms with Crippen LogP contribution in [0.3, 0.4) is 0 Å². The fourth-order valence-corrected chi connectivity index (χ4v) is 2.42. The minimum Gasteiger partial charge on any atom is -0.392 e. The summed E-state index contributed by atoms with van der Waals surface area (Å²) in [6.07, 6.45) is 0.829. The van der Waals surface area contributed by atoms with Gasteiger partial charge in [0.15, 0.2) is 0 Å². The third-order valence-electron chi connectivity index (χ3n) is 3.10. The largest absolute Gasteiger partial charge is 0.392 e. The Morgan fingerprint density at radius 2 is 1.81 bits per heavy atom. The van der Waals surface area contributed by atoms with Gasteiger partial charge >= 0.3 is 0 Å². The number of benzene rings is 2. The monoisotopic (exact) mass is 350 g/mol. The molecule has 5 nitrogen and oxygen atoms in total. The lowest BCUT2D eigenvalue weighted by atomic mass is 10.1. The van der Waals surface area contributed by atoms with Gasteiger partial charge in [0.1, 0.15) is 0 Å². The van der Waals surface area contributed by atoms with E-state index < -0.39 is 4.92 Å². The SMILES string of the molecule is O=[N+]([O-])c1ccc(NCCc2ccc(CO)cc2)c(Br)c1. The first-order valence-electron chi connectivity index (χ1n) is 6.46. The standard InChI is InChI=1S/C15H15BrN2O3/c16-14-9-13(18(20)21)5-6-15(14)17-8-7-11-1-3-12(10-19)4-2-11/h1-6,9,17,19H,7-8,10H2. The number of halogens is 1. The van der Waals surface area contributed by atoms with Gasteiger partial charge in [0, 0.05) is 28.8 Å². The maximum Gasteiger partial charge on any atom is 0.270 e. The Hall–Kier alpha value is -1.92. The molecule has 0 fully saturated rings. The van der Waals surface area contributed by atoms with E-state index in [1.165, 1.54) is 12.1 Å². The zero-order valence-electron chi connectivity index (χ0n) is 11.3. The van der Waals surface area contributed by atoms with Crippen molar-refractivity contribution in [2.75, 3.05) is 11.9 Å². The molecule has 21 heavy (non-hydrogen) atoms. The molecular formula is C15H15BrN2O3. The van der Waals surface area contributed by atoms with Gasteiger partial charge in [-0.3, -0.25) is 10.1 Å². The molecular weight excluding hydrogens is 336 g/mol. The summed E-state index contributed by atoms with van der Waals surface area (Å²) in [5.74, 6) is 0. The van der Waals surface area contributed by atoms with Crippen LogP contribution in [0.15, 0.2) is 46.9 Å². The van der Waals surface area contributed by atoms with E-state index in [-0.39, 0.29) is 12.3 Å². The molecule has 0 spiro atoms. The summed E-state index contributed by atoms with van der Waals surface area (Å²) in [5, 5.41) is 22.9. The quantitative estimate of drug-likeness (QED) is 0.617. The lowest BCUT2D eigenvalue weighted by Crippen LogP contribution is -2.05. The van der Waals surface area contributed by atoms with Crippen LogP contribution in [-0.2, 0) is 13.0 Å². The third-order valence-corrected chi connectivity index (χ3v) is 3.75. The van der Waals surface area contributed by atoms with E-state index in [0.717, 1.165) is 29.8 Å². The van der Waals surface area contributed by atoms with E-state index in [1.807, 2.05) is 24.3 Å². The minimum absolute atomic E-state index is 0.0499. The molecule has 0 atom stereocenters. The van der Waals surface area contributed by atoms with Crippen molar-refractivity contribution in [2.24, 2.45) is 0 Å². The first kappa shape index (κ1) is 15.5. The predicted octanol–water partition coefficient (Wildman–Crippen LogP) is 3.50. The highest BCUT2D eigenvalue weighted by molar-refractivity contribution is 9.10. The van der Waals surface area contributed by atoms with E-state index in [0.29, 0.717) is 4.47 Å². The molecule has 0 heterocycles. The number of anilines is 1. The van der Waals surface area contributed by atoms with Crippen LogP contribution in [0.1, 0.15) is 11.1 Å². The van der Waals surface area contributed by atoms with Crippen molar-refractivity contribution in [3.63, 3.8) is 0 Å². The van der Waals surface area contributed by atoms with Gasteiger partial charge in [0.25, 0.3) is 5.69 Å². The highest BCUT2D eigenvalue weighted by Crippen LogP contribution is 2.27. The maximum atomic E-state index is 10.7. The maximum absolute atomic E-state index is 10.7. The number of aliphatic hydroxyl groups is 1. The first-order valence-corrected chi connectivity index (χ1v) is 7.26. The normalized spacial score (nSPS) is 10.4. The molecule has 6 heteroatoms. The summed E-state index contributed by atoms with van der Waals surface area (Å²) < 4.78 is 0.673. The van der Waals surface area contributed by atoms with Gasteiger partial charge in [-0.05, 0) is 39.5 Å². The third kappa shape index (κ3) is 4.27. The van der Waals surface area contributed by atoms with Crippen LogP contribution < -0.4 is 5.32 Å². The van der Waals surface area contributed by atoms with Crippen LogP contribution in [0.25, 0.3) is 0 Å². The van der Waals surface area contributed by atoms with Crippen LogP contribution >= 0.6 is 15.9 Å². The fourth-order valence-electron chi connectivity index (χ4n) is 1.91. The van der Waals surface area contributed by atoms with Crippen molar-refractivity contribution in [1.29, 1.82) is 0 Å². The molecule has 0 saturated heterocycles. The van der Waals surface area contributed by atoms with Crippen molar-refractivity contribution >= 4 is 27.3 Å². The van der Waals surface area contributed by atoms with E-state index in [1.54, 1.807) is 6.07 Å². The summed E-state index contributed by atoms with van der Waals surface area (Å²) in [5.41, 5.74) is 2.95. The number of aliphatic hydroxyl groups excluding tert-OH is 1. The lowest BCUT2D eigenvalue weighted by Gasteiger charge is -2.08. The molecule has 0 saturated carbocycles. The van der Waals surface area contributed by atoms with Crippen LogP contribution in [-0.4, -0.2) is 16.6 Å². The summed E-state index contributed by atoms with van der Waals surface area (Å²) in [6, 6.07) is 12.4. The van der Waals surface area contributed by atoms with Gasteiger partial charge in [-0.1, -0.05) is 24.3 Å². The first-order chi connectivity index (χ1) is 10.1. The van der Waals surface area contributed by atoms with Crippen LogP contribution in [0.4, 0.5) is 11.4 Å². The zero-order chi connectivity index (χ0) is 15.2. The Morgan fingerprint density at radius 1 is 1.14 bits per heavy atom. The summed E-state index contributed by atoms with van der Waals surface area (Å²) in [7, 11) is 0. The molecule has 2 N–H and O–H groups in total. The van der Waals surface area contributed by atoms with Gasteiger partial charge in [-0.15, -0.1) is 0 Å². The average Bonchev–Trinajstić information content (AvgIpc) is 2.49. The van der Waals surface area contributed by atoms with Gasteiger partial charge in [-0.25, -0.2) is 0 Å². The van der Waals surface area contributed by atoms with Crippen molar-refractivity contribution < 1.29 is 10.0 Å². The van der Waals surface area contributed by atoms with E-state index >= 15 is 0 Å². The average molecular weight is 351 g/mol. The second-order valence-corrected chi connectivity index (χ2v) is 5.43. The van der Waals surface area contributed by atoms with E-state index in [4.69, 9.17) is 5.11 Å².